The van der Waals surface area contributed by atoms with Crippen molar-refractivity contribution in [2.45, 2.75) is 117 Å². The van der Waals surface area contributed by atoms with E-state index < -0.39 is 14.0 Å². The Morgan fingerprint density at radius 3 is 0.947 bits per heavy atom. The second kappa shape index (κ2) is 22.2. The van der Waals surface area contributed by atoms with Gasteiger partial charge < -0.3 is 35.4 Å². The summed E-state index contributed by atoms with van der Waals surface area (Å²) < 4.78 is 37.3. The van der Waals surface area contributed by atoms with Crippen molar-refractivity contribution >= 4 is 65.2 Å². The number of hydrogen-bond acceptors (Lipinski definition) is 10. The van der Waals surface area contributed by atoms with Crippen LogP contribution in [-0.4, -0.2) is 64.7 Å². The summed E-state index contributed by atoms with van der Waals surface area (Å²) in [4.78, 5) is 12.4. The van der Waals surface area contributed by atoms with Gasteiger partial charge in [-0.1, -0.05) is 174 Å². The molecule has 6 aromatic carbocycles. The maximum absolute atomic E-state index is 6.20. The Hall–Kier alpha value is -4.99. The lowest BCUT2D eigenvalue weighted by atomic mass is 9.49. The van der Waals surface area contributed by atoms with E-state index >= 15 is 0 Å². The standard InChI is InChI=1S/C27H26BNO2S.C21H14BrNS.C12H24B2O4.CH3/c1-26(2)27(3,4)31-28(30-26)22-17-15-21(16-18-22)25-29-23(19-11-7-5-8-12-19)24(32-25)20-13-9-6-10-14-20;22-18-13-11-17(12-14-18)21-23-19(15-7-3-1-4-8-15)20(24-21)16-9-5-2-6-10-16;1-9(2)10(3,4)16-13(15-9)14-17-11(5,6)12(7,8)18-14;/h5-18H,1-4H3;1-14H;1-8H3;1H3/q;;;-1. The lowest BCUT2D eigenvalue weighted by molar-refractivity contribution is 0.00578. The van der Waals surface area contributed by atoms with Crippen LogP contribution in [0.2, 0.25) is 0 Å². The molecule has 0 atom stereocenters. The van der Waals surface area contributed by atoms with Crippen LogP contribution in [0, 0.1) is 7.43 Å². The maximum Gasteiger partial charge on any atom is 0.494 e. The molecule has 11 rings (SSSR count). The van der Waals surface area contributed by atoms with Crippen LogP contribution in [-0.2, 0) is 27.9 Å². The summed E-state index contributed by atoms with van der Waals surface area (Å²) in [6, 6.07) is 58.4. The first-order chi connectivity index (χ1) is 35.0. The third-order valence-electron chi connectivity index (χ3n) is 15.0. The smallest absolute Gasteiger partial charge is 0.405 e. The molecule has 8 nitrogen and oxygen atoms in total. The summed E-state index contributed by atoms with van der Waals surface area (Å²) in [6.07, 6.45) is 0. The second-order valence-corrected chi connectivity index (χ2v) is 24.7. The summed E-state index contributed by atoms with van der Waals surface area (Å²) in [5.41, 5.74) is 7.86. The first-order valence-corrected chi connectivity index (χ1v) is 27.6. The van der Waals surface area contributed by atoms with Gasteiger partial charge in [0.25, 0.3) is 0 Å². The Balaban J connectivity index is 0.000000155. The molecule has 3 aliphatic rings. The van der Waals surface area contributed by atoms with Gasteiger partial charge in [-0.25, -0.2) is 9.97 Å². The zero-order valence-electron chi connectivity index (χ0n) is 45.4. The van der Waals surface area contributed by atoms with Gasteiger partial charge in [-0.2, -0.15) is 0 Å². The SMILES string of the molecule is Brc1ccc(-c2nc(-c3ccccc3)c(-c3ccccc3)s2)cc1.CC1(C)OB(B2OC(C)(C)C(C)(C)O2)OC1(C)C.CC1(C)OB(c2ccc(-c3nc(-c4ccccc4)c(-c4ccccc4)s3)cc2)OC1(C)C.[CH3-]. The molecule has 386 valence electrons. The number of aromatic nitrogens is 2. The lowest BCUT2D eigenvalue weighted by Crippen LogP contribution is -2.41. The van der Waals surface area contributed by atoms with Gasteiger partial charge in [-0.3, -0.25) is 0 Å². The quantitative estimate of drug-likeness (QED) is 0.110. The van der Waals surface area contributed by atoms with Crippen molar-refractivity contribution in [1.82, 2.24) is 9.97 Å². The predicted octanol–water partition coefficient (Wildman–Crippen LogP) is 16.0. The van der Waals surface area contributed by atoms with E-state index in [0.717, 1.165) is 53.6 Å². The highest BCUT2D eigenvalue weighted by atomic mass is 79.9. The van der Waals surface area contributed by atoms with Crippen molar-refractivity contribution in [3.8, 4) is 64.5 Å². The van der Waals surface area contributed by atoms with Crippen LogP contribution in [0.5, 0.6) is 0 Å². The summed E-state index contributed by atoms with van der Waals surface area (Å²) in [7, 11) is -1.31. The third-order valence-corrected chi connectivity index (χ3v) is 17.8. The van der Waals surface area contributed by atoms with Crippen LogP contribution >= 0.6 is 38.6 Å². The van der Waals surface area contributed by atoms with Crippen molar-refractivity contribution < 1.29 is 27.9 Å². The van der Waals surface area contributed by atoms with Crippen molar-refractivity contribution in [1.29, 1.82) is 0 Å². The maximum atomic E-state index is 6.20. The molecule has 0 aliphatic carbocycles. The molecule has 14 heteroatoms. The monoisotopic (exact) mass is 1100 g/mol. The van der Waals surface area contributed by atoms with Crippen molar-refractivity contribution in [2.75, 3.05) is 0 Å². The molecule has 0 saturated carbocycles. The van der Waals surface area contributed by atoms with Gasteiger partial charge in [-0.15, -0.1) is 22.7 Å². The molecular weight excluding hydrogens is 1030 g/mol. The summed E-state index contributed by atoms with van der Waals surface area (Å²) >= 11 is 6.96. The second-order valence-electron chi connectivity index (χ2n) is 21.8. The predicted molar refractivity (Wildman–Crippen MR) is 319 cm³/mol. The van der Waals surface area contributed by atoms with Crippen molar-refractivity contribution in [3.63, 3.8) is 0 Å². The van der Waals surface area contributed by atoms with E-state index in [1.54, 1.807) is 22.7 Å². The van der Waals surface area contributed by atoms with Gasteiger partial charge in [0.2, 0.25) is 0 Å². The first kappa shape index (κ1) is 56.2. The molecule has 3 fully saturated rings. The molecule has 2 aromatic heterocycles. The van der Waals surface area contributed by atoms with Gasteiger partial charge in [0.1, 0.15) is 10.0 Å². The summed E-state index contributed by atoms with van der Waals surface area (Å²) in [5, 5.41) is 2.04. The van der Waals surface area contributed by atoms with Crippen LogP contribution in [0.15, 0.2) is 174 Å². The number of benzene rings is 6. The van der Waals surface area contributed by atoms with E-state index in [1.165, 1.54) is 20.9 Å². The first-order valence-electron chi connectivity index (χ1n) is 25.2. The zero-order chi connectivity index (χ0) is 52.7. The minimum Gasteiger partial charge on any atom is -0.405 e. The molecule has 0 unspecified atom stereocenters. The zero-order valence-corrected chi connectivity index (χ0v) is 48.7. The molecule has 3 aliphatic heterocycles. The molecule has 75 heavy (non-hydrogen) atoms. The highest BCUT2D eigenvalue weighted by Gasteiger charge is 2.63. The lowest BCUT2D eigenvalue weighted by Gasteiger charge is -2.32. The van der Waals surface area contributed by atoms with E-state index in [2.05, 4.69) is 189 Å². The van der Waals surface area contributed by atoms with E-state index in [-0.39, 0.29) is 48.2 Å². The molecular formula is C61H67B3BrN2O6S2-. The fraction of sp³-hybridized carbons (Fsp3) is 0.295. The van der Waals surface area contributed by atoms with E-state index in [0.29, 0.717) is 0 Å². The Bertz CT molecular complexity index is 2960. The fourth-order valence-electron chi connectivity index (χ4n) is 8.39. The average molecular weight is 1100 g/mol. The van der Waals surface area contributed by atoms with Gasteiger partial charge in [-0.05, 0) is 112 Å². The largest absolute Gasteiger partial charge is 0.494 e. The van der Waals surface area contributed by atoms with E-state index in [1.807, 2.05) is 79.7 Å². The molecule has 5 heterocycles. The minimum absolute atomic E-state index is 0. The highest BCUT2D eigenvalue weighted by molar-refractivity contribution is 9.10. The number of nitrogens with zero attached hydrogens (tertiary/aromatic N) is 2. The van der Waals surface area contributed by atoms with Crippen molar-refractivity contribution in [3.05, 3.63) is 182 Å². The van der Waals surface area contributed by atoms with Crippen LogP contribution < -0.4 is 5.46 Å². The Labute approximate surface area is 463 Å². The van der Waals surface area contributed by atoms with Gasteiger partial charge >= 0.3 is 21.1 Å². The number of halogens is 1. The van der Waals surface area contributed by atoms with E-state index in [9.17, 15) is 0 Å². The Morgan fingerprint density at radius 1 is 0.347 bits per heavy atom. The number of hydrogen-bond donors (Lipinski definition) is 0. The molecule has 0 radical (unpaired) electrons. The normalized spacial score (nSPS) is 18.3. The van der Waals surface area contributed by atoms with Gasteiger partial charge in [0.15, 0.2) is 0 Å². The number of rotatable bonds is 8. The van der Waals surface area contributed by atoms with Crippen molar-refractivity contribution in [2.24, 2.45) is 0 Å². The molecule has 0 spiro atoms. The average Bonchev–Trinajstić information content (AvgIpc) is 4.17. The Kier molecular flexibility index (Phi) is 16.6. The van der Waals surface area contributed by atoms with Crippen LogP contribution in [0.3, 0.4) is 0 Å². The van der Waals surface area contributed by atoms with Crippen LogP contribution in [0.25, 0.3) is 64.5 Å². The van der Waals surface area contributed by atoms with Crippen LogP contribution in [0.4, 0.5) is 0 Å². The minimum atomic E-state index is -0.476. The molecule has 8 aromatic rings. The highest BCUT2D eigenvalue weighted by Crippen LogP contribution is 2.45. The molecule has 0 N–H and O–H groups in total. The van der Waals surface area contributed by atoms with Gasteiger partial charge in [0.05, 0.1) is 54.7 Å². The molecule has 0 amide bonds. The summed E-state index contributed by atoms with van der Waals surface area (Å²) in [5.74, 6) is 0. The number of thiazole rings is 2. The third kappa shape index (κ3) is 12.1. The molecule has 0 bridgehead atoms. The van der Waals surface area contributed by atoms with Gasteiger partial charge in [0, 0.05) is 26.7 Å². The fourth-order valence-corrected chi connectivity index (χ4v) is 10.9. The molecule has 3 saturated heterocycles. The summed E-state index contributed by atoms with van der Waals surface area (Å²) in [6.45, 7) is 24.5. The van der Waals surface area contributed by atoms with Crippen LogP contribution in [0.1, 0.15) is 83.1 Å². The Morgan fingerprint density at radius 2 is 0.627 bits per heavy atom. The topological polar surface area (TPSA) is 81.2 Å². The van der Waals surface area contributed by atoms with E-state index in [4.69, 9.17) is 37.9 Å².